The summed E-state index contributed by atoms with van der Waals surface area (Å²) in [5.41, 5.74) is 3.56. The molecule has 1 amide bonds. The van der Waals surface area contributed by atoms with Gasteiger partial charge in [0.2, 0.25) is 5.91 Å². The summed E-state index contributed by atoms with van der Waals surface area (Å²) < 4.78 is 5.62. The maximum atomic E-state index is 12.5. The van der Waals surface area contributed by atoms with Crippen LogP contribution in [0.4, 0.5) is 5.69 Å². The third-order valence-electron chi connectivity index (χ3n) is 4.94. The van der Waals surface area contributed by atoms with Crippen LogP contribution in [0, 0.1) is 0 Å². The lowest BCUT2D eigenvalue weighted by atomic mass is 9.92. The number of nitrogens with zero attached hydrogens (tertiary/aromatic N) is 2. The van der Waals surface area contributed by atoms with Crippen molar-refractivity contribution in [2.24, 2.45) is 0 Å². The van der Waals surface area contributed by atoms with Crippen LogP contribution in [0.3, 0.4) is 0 Å². The fraction of sp³-hybridized carbons (Fsp3) is 0.524. The van der Waals surface area contributed by atoms with Gasteiger partial charge in [0.05, 0.1) is 25.5 Å². The molecule has 1 aliphatic rings. The van der Waals surface area contributed by atoms with Gasteiger partial charge in [0, 0.05) is 42.3 Å². The second-order valence-electron chi connectivity index (χ2n) is 8.34. The van der Waals surface area contributed by atoms with E-state index in [1.54, 1.807) is 6.07 Å². The number of aromatic amines is 1. The molecule has 152 valence electrons. The number of H-pyrrole nitrogens is 1. The predicted octanol–water partition coefficient (Wildman–Crippen LogP) is 2.43. The number of anilines is 1. The lowest BCUT2D eigenvalue weighted by Crippen LogP contribution is -2.46. The van der Waals surface area contributed by atoms with Gasteiger partial charge in [0.15, 0.2) is 0 Å². The Morgan fingerprint density at radius 1 is 1.39 bits per heavy atom. The van der Waals surface area contributed by atoms with E-state index >= 15 is 0 Å². The van der Waals surface area contributed by atoms with Crippen molar-refractivity contribution in [1.29, 1.82) is 0 Å². The summed E-state index contributed by atoms with van der Waals surface area (Å²) in [7, 11) is 0. The zero-order valence-electron chi connectivity index (χ0n) is 16.9. The zero-order chi connectivity index (χ0) is 20.1. The maximum Gasteiger partial charge on any atom is 0.226 e. The molecule has 1 atom stereocenters. The molecule has 1 aliphatic heterocycles. The van der Waals surface area contributed by atoms with E-state index in [1.165, 1.54) is 0 Å². The first-order valence-corrected chi connectivity index (χ1v) is 9.71. The van der Waals surface area contributed by atoms with Crippen LogP contribution in [0.5, 0.6) is 0 Å². The predicted molar refractivity (Wildman–Crippen MR) is 108 cm³/mol. The molecule has 0 saturated carbocycles. The average Bonchev–Trinajstić information content (AvgIpc) is 3.12. The van der Waals surface area contributed by atoms with Crippen molar-refractivity contribution in [3.8, 4) is 0 Å². The Hall–Kier alpha value is -2.22. The van der Waals surface area contributed by atoms with Gasteiger partial charge in [-0.1, -0.05) is 32.9 Å². The Bertz CT molecular complexity index is 797. The summed E-state index contributed by atoms with van der Waals surface area (Å²) in [6, 6.07) is 9.37. The van der Waals surface area contributed by atoms with Crippen LogP contribution >= 0.6 is 0 Å². The van der Waals surface area contributed by atoms with Crippen LogP contribution in [0.25, 0.3) is 0 Å². The Morgan fingerprint density at radius 3 is 2.93 bits per heavy atom. The molecule has 2 heterocycles. The van der Waals surface area contributed by atoms with E-state index in [4.69, 9.17) is 4.74 Å². The molecule has 28 heavy (non-hydrogen) atoms. The summed E-state index contributed by atoms with van der Waals surface area (Å²) in [4.78, 5) is 14.8. The van der Waals surface area contributed by atoms with Crippen LogP contribution in [0.15, 0.2) is 30.3 Å². The molecule has 0 unspecified atom stereocenters. The maximum absolute atomic E-state index is 12.5. The minimum atomic E-state index is -0.0596. The smallest absolute Gasteiger partial charge is 0.226 e. The van der Waals surface area contributed by atoms with Gasteiger partial charge in [-0.05, 0) is 23.8 Å². The SMILES string of the molecule is CC(C)(C)c1cc(CN2CCOC[C@H]2CC(=O)Nc2cccc(CO)c2)[nH]n1. The number of benzene rings is 1. The third kappa shape index (κ3) is 5.41. The number of hydrogen-bond donors (Lipinski definition) is 3. The molecular formula is C21H30N4O3. The fourth-order valence-electron chi connectivity index (χ4n) is 3.30. The van der Waals surface area contributed by atoms with Crippen molar-refractivity contribution in [2.75, 3.05) is 25.1 Å². The van der Waals surface area contributed by atoms with Crippen molar-refractivity contribution in [3.63, 3.8) is 0 Å². The van der Waals surface area contributed by atoms with Gasteiger partial charge in [0.25, 0.3) is 0 Å². The van der Waals surface area contributed by atoms with E-state index in [9.17, 15) is 9.90 Å². The molecule has 1 aromatic carbocycles. The van der Waals surface area contributed by atoms with Crippen molar-refractivity contribution >= 4 is 11.6 Å². The first-order valence-electron chi connectivity index (χ1n) is 9.71. The number of aromatic nitrogens is 2. The summed E-state index contributed by atoms with van der Waals surface area (Å²) in [5.74, 6) is -0.0596. The molecule has 0 bridgehead atoms. The normalized spacial score (nSPS) is 18.2. The molecule has 1 aromatic heterocycles. The fourth-order valence-corrected chi connectivity index (χ4v) is 3.30. The summed E-state index contributed by atoms with van der Waals surface area (Å²) in [5, 5.41) is 19.7. The first kappa shape index (κ1) is 20.5. The minimum absolute atomic E-state index is 0.00214. The van der Waals surface area contributed by atoms with Crippen LogP contribution < -0.4 is 5.32 Å². The van der Waals surface area contributed by atoms with Gasteiger partial charge in [-0.3, -0.25) is 14.8 Å². The number of carbonyl (C=O) groups is 1. The Labute approximate surface area is 166 Å². The highest BCUT2D eigenvalue weighted by molar-refractivity contribution is 5.91. The Morgan fingerprint density at radius 2 is 2.21 bits per heavy atom. The van der Waals surface area contributed by atoms with E-state index in [1.807, 2.05) is 18.2 Å². The quantitative estimate of drug-likeness (QED) is 0.709. The van der Waals surface area contributed by atoms with Gasteiger partial charge in [0.1, 0.15) is 0 Å². The second kappa shape index (κ2) is 8.86. The number of aliphatic hydroxyl groups is 1. The molecule has 0 spiro atoms. The molecular weight excluding hydrogens is 356 g/mol. The number of morpholine rings is 1. The van der Waals surface area contributed by atoms with Gasteiger partial charge < -0.3 is 15.2 Å². The van der Waals surface area contributed by atoms with E-state index in [0.29, 0.717) is 31.9 Å². The molecule has 3 rings (SSSR count). The Balaban J connectivity index is 1.61. The third-order valence-corrected chi connectivity index (χ3v) is 4.94. The summed E-state index contributed by atoms with van der Waals surface area (Å²) >= 11 is 0. The number of rotatable bonds is 6. The van der Waals surface area contributed by atoms with Crippen LogP contribution in [0.1, 0.15) is 44.1 Å². The topological polar surface area (TPSA) is 90.5 Å². The number of nitrogens with one attached hydrogen (secondary N) is 2. The Kier molecular flexibility index (Phi) is 6.49. The molecule has 3 N–H and O–H groups in total. The molecule has 7 nitrogen and oxygen atoms in total. The van der Waals surface area contributed by atoms with Gasteiger partial charge in [-0.2, -0.15) is 5.10 Å². The highest BCUT2D eigenvalue weighted by atomic mass is 16.5. The van der Waals surface area contributed by atoms with E-state index < -0.39 is 0 Å². The largest absolute Gasteiger partial charge is 0.392 e. The van der Waals surface area contributed by atoms with Gasteiger partial charge >= 0.3 is 0 Å². The second-order valence-corrected chi connectivity index (χ2v) is 8.34. The minimum Gasteiger partial charge on any atom is -0.392 e. The zero-order valence-corrected chi connectivity index (χ0v) is 16.9. The number of carbonyl (C=O) groups excluding carboxylic acids is 1. The van der Waals surface area contributed by atoms with Crippen LogP contribution in [0.2, 0.25) is 0 Å². The number of amides is 1. The number of ether oxygens (including phenoxy) is 1. The lowest BCUT2D eigenvalue weighted by molar-refractivity contribution is -0.119. The summed E-state index contributed by atoms with van der Waals surface area (Å²) in [6.45, 7) is 9.06. The monoisotopic (exact) mass is 386 g/mol. The van der Waals surface area contributed by atoms with E-state index in [-0.39, 0.29) is 24.0 Å². The van der Waals surface area contributed by atoms with Crippen molar-refractivity contribution in [2.45, 2.75) is 51.8 Å². The molecule has 1 saturated heterocycles. The lowest BCUT2D eigenvalue weighted by Gasteiger charge is -2.34. The van der Waals surface area contributed by atoms with Gasteiger partial charge in [-0.15, -0.1) is 0 Å². The highest BCUT2D eigenvalue weighted by Crippen LogP contribution is 2.22. The molecule has 2 aromatic rings. The standard InChI is InChI=1S/C21H30N4O3/c1-21(2,3)19-10-17(23-24-19)12-25-7-8-28-14-18(25)11-20(27)22-16-6-4-5-15(9-16)13-26/h4-6,9-10,18,26H,7-8,11-14H2,1-3H3,(H,22,27)(H,23,24)/t18-/m1/s1. The van der Waals surface area contributed by atoms with Crippen molar-refractivity contribution in [3.05, 3.63) is 47.3 Å². The summed E-state index contributed by atoms with van der Waals surface area (Å²) in [6.07, 6.45) is 0.351. The van der Waals surface area contributed by atoms with Crippen LogP contribution in [-0.2, 0) is 28.1 Å². The molecule has 0 aliphatic carbocycles. The van der Waals surface area contributed by atoms with E-state index in [0.717, 1.165) is 23.5 Å². The molecule has 1 fully saturated rings. The number of aliphatic hydroxyl groups excluding tert-OH is 1. The van der Waals surface area contributed by atoms with Crippen molar-refractivity contribution < 1.29 is 14.6 Å². The van der Waals surface area contributed by atoms with Crippen molar-refractivity contribution in [1.82, 2.24) is 15.1 Å². The number of hydrogen-bond acceptors (Lipinski definition) is 5. The van der Waals surface area contributed by atoms with E-state index in [2.05, 4.69) is 47.3 Å². The average molecular weight is 386 g/mol. The first-order chi connectivity index (χ1) is 13.3. The van der Waals surface area contributed by atoms with Gasteiger partial charge in [-0.25, -0.2) is 0 Å². The highest BCUT2D eigenvalue weighted by Gasteiger charge is 2.27. The van der Waals surface area contributed by atoms with Crippen LogP contribution in [-0.4, -0.2) is 51.9 Å². The molecule has 0 radical (unpaired) electrons. The molecule has 7 heteroatoms.